The van der Waals surface area contributed by atoms with Gasteiger partial charge in [0.05, 0.1) is 12.3 Å². The lowest BCUT2D eigenvalue weighted by Gasteiger charge is -2.12. The summed E-state index contributed by atoms with van der Waals surface area (Å²) in [5.41, 5.74) is 4.69. The molecule has 34 heavy (non-hydrogen) atoms. The lowest BCUT2D eigenvalue weighted by atomic mass is 10.1. The van der Waals surface area contributed by atoms with Gasteiger partial charge in [0.15, 0.2) is 5.78 Å². The predicted molar refractivity (Wildman–Crippen MR) is 135 cm³/mol. The molecule has 0 aliphatic heterocycles. The molecule has 0 fully saturated rings. The molecule has 0 radical (unpaired) electrons. The second kappa shape index (κ2) is 12.9. The van der Waals surface area contributed by atoms with E-state index in [-0.39, 0.29) is 18.3 Å². The number of aliphatic hydroxyl groups is 1. The number of ketones is 1. The number of aromatic nitrogens is 1. The molecule has 8 heteroatoms. The van der Waals surface area contributed by atoms with E-state index >= 15 is 0 Å². The van der Waals surface area contributed by atoms with Gasteiger partial charge in [-0.2, -0.15) is 0 Å². The first-order valence-corrected chi connectivity index (χ1v) is 11.5. The van der Waals surface area contributed by atoms with E-state index in [2.05, 4.69) is 46.8 Å². The number of Topliss-reactive ketones (excluding diaryl/α,β-unsaturated/α-hetero) is 1. The molecule has 4 N–H and O–H groups in total. The third-order valence-electron chi connectivity index (χ3n) is 5.34. The van der Waals surface area contributed by atoms with Gasteiger partial charge >= 0.3 is 0 Å². The SMILES string of the molecule is CC(=O)c1cc2cc(Cl)ccc2[nH]1.CC1Cc2ccccc2C1.CNC(=O)C(CO)NC(C)=O. The monoisotopic (exact) mass is 485 g/mol. The van der Waals surface area contributed by atoms with Crippen LogP contribution < -0.4 is 10.6 Å². The van der Waals surface area contributed by atoms with Gasteiger partial charge in [-0.3, -0.25) is 14.4 Å². The van der Waals surface area contributed by atoms with Gasteiger partial charge in [0, 0.05) is 36.8 Å². The largest absolute Gasteiger partial charge is 0.394 e. The zero-order chi connectivity index (χ0) is 25.3. The molecule has 0 bridgehead atoms. The molecule has 1 aliphatic rings. The molecule has 1 atom stereocenters. The fourth-order valence-corrected chi connectivity index (χ4v) is 3.87. The molecule has 1 heterocycles. The average Bonchev–Trinajstić information content (AvgIpc) is 3.39. The van der Waals surface area contributed by atoms with Gasteiger partial charge in [-0.1, -0.05) is 42.8 Å². The van der Waals surface area contributed by atoms with Crippen LogP contribution in [-0.4, -0.2) is 47.4 Å². The van der Waals surface area contributed by atoms with Gasteiger partial charge in [0.25, 0.3) is 0 Å². The molecule has 1 unspecified atom stereocenters. The van der Waals surface area contributed by atoms with Crippen LogP contribution in [0.1, 0.15) is 42.4 Å². The number of halogens is 1. The van der Waals surface area contributed by atoms with Gasteiger partial charge in [-0.05, 0) is 54.2 Å². The van der Waals surface area contributed by atoms with Gasteiger partial charge in [0.2, 0.25) is 11.8 Å². The van der Waals surface area contributed by atoms with Crippen LogP contribution in [0, 0.1) is 5.92 Å². The highest BCUT2D eigenvalue weighted by Crippen LogP contribution is 2.25. The lowest BCUT2D eigenvalue weighted by molar-refractivity contribution is -0.128. The minimum absolute atomic E-state index is 0.0346. The van der Waals surface area contributed by atoms with Crippen molar-refractivity contribution >= 4 is 40.1 Å². The maximum absolute atomic E-state index is 11.0. The maximum atomic E-state index is 11.0. The Kier molecular flexibility index (Phi) is 10.3. The number of benzene rings is 2. The number of nitrogens with one attached hydrogen (secondary N) is 3. The van der Waals surface area contributed by atoms with Gasteiger partial charge in [-0.25, -0.2) is 0 Å². The molecule has 1 aliphatic carbocycles. The van der Waals surface area contributed by atoms with Gasteiger partial charge in [0.1, 0.15) is 6.04 Å². The normalized spacial score (nSPS) is 13.0. The summed E-state index contributed by atoms with van der Waals surface area (Å²) in [6, 6.07) is 15.2. The lowest BCUT2D eigenvalue weighted by Crippen LogP contribution is -2.47. The molecule has 0 spiro atoms. The van der Waals surface area contributed by atoms with E-state index < -0.39 is 11.9 Å². The van der Waals surface area contributed by atoms with Crippen molar-refractivity contribution in [2.45, 2.75) is 39.7 Å². The van der Waals surface area contributed by atoms with Gasteiger partial charge < -0.3 is 20.7 Å². The minimum Gasteiger partial charge on any atom is -0.394 e. The summed E-state index contributed by atoms with van der Waals surface area (Å²) in [5.74, 6) is 0.167. The van der Waals surface area contributed by atoms with E-state index in [4.69, 9.17) is 16.7 Å². The fraction of sp³-hybridized carbons (Fsp3) is 0.346. The van der Waals surface area contributed by atoms with Crippen LogP contribution in [0.5, 0.6) is 0 Å². The van der Waals surface area contributed by atoms with E-state index in [0.29, 0.717) is 10.7 Å². The molecule has 182 valence electrons. The second-order valence-corrected chi connectivity index (χ2v) is 8.74. The number of H-pyrrole nitrogens is 1. The molecule has 7 nitrogen and oxygen atoms in total. The van der Waals surface area contributed by atoms with Crippen LogP contribution in [0.15, 0.2) is 48.5 Å². The average molecular weight is 486 g/mol. The van der Waals surface area contributed by atoms with E-state index in [0.717, 1.165) is 16.8 Å². The summed E-state index contributed by atoms with van der Waals surface area (Å²) in [6.07, 6.45) is 2.58. The summed E-state index contributed by atoms with van der Waals surface area (Å²) < 4.78 is 0. The molecular weight excluding hydrogens is 454 g/mol. The molecule has 1 aromatic heterocycles. The topological polar surface area (TPSA) is 111 Å². The van der Waals surface area contributed by atoms with Crippen molar-refractivity contribution in [3.8, 4) is 0 Å². The first-order chi connectivity index (χ1) is 16.1. The molecular formula is C26H32ClN3O4. The van der Waals surface area contributed by atoms with E-state index in [1.165, 1.54) is 33.7 Å². The molecule has 3 aromatic rings. The van der Waals surface area contributed by atoms with E-state index in [9.17, 15) is 14.4 Å². The Hall–Kier alpha value is -3.16. The Morgan fingerprint density at radius 3 is 2.21 bits per heavy atom. The van der Waals surface area contributed by atoms with Crippen molar-refractivity contribution in [2.24, 2.45) is 5.92 Å². The summed E-state index contributed by atoms with van der Waals surface area (Å²) in [7, 11) is 1.44. The van der Waals surface area contributed by atoms with Crippen molar-refractivity contribution in [1.82, 2.24) is 15.6 Å². The number of hydrogen-bond donors (Lipinski definition) is 4. The van der Waals surface area contributed by atoms with Crippen LogP contribution in [0.3, 0.4) is 0 Å². The van der Waals surface area contributed by atoms with Gasteiger partial charge in [-0.15, -0.1) is 0 Å². The van der Waals surface area contributed by atoms with Crippen LogP contribution in [-0.2, 0) is 22.4 Å². The van der Waals surface area contributed by atoms with Crippen molar-refractivity contribution in [2.75, 3.05) is 13.7 Å². The number of amides is 2. The first kappa shape index (κ1) is 27.1. The Balaban J connectivity index is 0.000000182. The highest BCUT2D eigenvalue weighted by atomic mass is 35.5. The van der Waals surface area contributed by atoms with E-state index in [1.807, 2.05) is 18.2 Å². The third kappa shape index (κ3) is 8.01. The van der Waals surface area contributed by atoms with Crippen LogP contribution >= 0.6 is 11.6 Å². The maximum Gasteiger partial charge on any atom is 0.244 e. The summed E-state index contributed by atoms with van der Waals surface area (Å²) in [5, 5.41) is 14.8. The van der Waals surface area contributed by atoms with Crippen molar-refractivity contribution in [3.63, 3.8) is 0 Å². The smallest absolute Gasteiger partial charge is 0.244 e. The van der Waals surface area contributed by atoms with Crippen LogP contribution in [0.4, 0.5) is 0 Å². The van der Waals surface area contributed by atoms with Crippen molar-refractivity contribution < 1.29 is 19.5 Å². The number of rotatable bonds is 4. The Labute approximate surface area is 204 Å². The Bertz CT molecular complexity index is 1120. The minimum atomic E-state index is -0.836. The highest BCUT2D eigenvalue weighted by Gasteiger charge is 2.16. The number of aliphatic hydroxyl groups excluding tert-OH is 1. The van der Waals surface area contributed by atoms with E-state index in [1.54, 1.807) is 17.2 Å². The fourth-order valence-electron chi connectivity index (χ4n) is 3.69. The number of fused-ring (bicyclic) bond motifs is 2. The van der Waals surface area contributed by atoms with Crippen molar-refractivity contribution in [1.29, 1.82) is 0 Å². The number of aromatic amines is 1. The molecule has 4 rings (SSSR count). The number of hydrogen-bond acceptors (Lipinski definition) is 4. The highest BCUT2D eigenvalue weighted by molar-refractivity contribution is 6.31. The summed E-state index contributed by atoms with van der Waals surface area (Å²) in [4.78, 5) is 35.3. The Morgan fingerprint density at radius 2 is 1.71 bits per heavy atom. The molecule has 0 saturated carbocycles. The molecule has 2 aromatic carbocycles. The molecule has 0 saturated heterocycles. The summed E-state index contributed by atoms with van der Waals surface area (Å²) in [6.45, 7) is 4.75. The third-order valence-corrected chi connectivity index (χ3v) is 5.58. The standard InChI is InChI=1S/C10H8ClNO.C10H12.C6H12N2O3/c1-6(13)10-5-7-4-8(11)2-3-9(7)12-10;1-8-6-9-4-2-3-5-10(9)7-8;1-4(10)8-5(3-9)6(11)7-2/h2-5,12H,1H3;2-5,8H,6-7H2,1H3;5,9H,3H2,1-2H3,(H,7,11)(H,8,10). The predicted octanol–water partition coefficient (Wildman–Crippen LogP) is 3.67. The number of carbonyl (C=O) groups is 3. The van der Waals surface area contributed by atoms with Crippen molar-refractivity contribution in [3.05, 3.63) is 70.4 Å². The number of carbonyl (C=O) groups excluding carboxylic acids is 3. The molecule has 2 amide bonds. The second-order valence-electron chi connectivity index (χ2n) is 8.30. The zero-order valence-electron chi connectivity index (χ0n) is 19.9. The number of likely N-dealkylation sites (N-methyl/N-ethyl adjacent to an activating group) is 1. The quantitative estimate of drug-likeness (QED) is 0.422. The zero-order valence-corrected chi connectivity index (χ0v) is 20.7. The summed E-state index contributed by atoms with van der Waals surface area (Å²) >= 11 is 5.81. The van der Waals surface area contributed by atoms with Crippen LogP contribution in [0.2, 0.25) is 5.02 Å². The van der Waals surface area contributed by atoms with Crippen LogP contribution in [0.25, 0.3) is 10.9 Å². The Morgan fingerprint density at radius 1 is 1.09 bits per heavy atom. The first-order valence-electron chi connectivity index (χ1n) is 11.1.